The number of carbonyl (C=O) groups excluding carboxylic acids is 1. The Morgan fingerprint density at radius 2 is 2.20 bits per heavy atom. The highest BCUT2D eigenvalue weighted by Crippen LogP contribution is 2.19. The first-order chi connectivity index (χ1) is 9.54. The summed E-state index contributed by atoms with van der Waals surface area (Å²) in [6.45, 7) is 4.91. The van der Waals surface area contributed by atoms with Crippen LogP contribution in [0.1, 0.15) is 34.8 Å². The van der Waals surface area contributed by atoms with E-state index >= 15 is 0 Å². The minimum Gasteiger partial charge on any atom is -0.366 e. The van der Waals surface area contributed by atoms with Crippen molar-refractivity contribution in [1.82, 2.24) is 10.2 Å². The minimum absolute atomic E-state index is 0.415. The molecule has 0 aliphatic heterocycles. The van der Waals surface area contributed by atoms with E-state index in [-0.39, 0.29) is 0 Å². The van der Waals surface area contributed by atoms with E-state index in [1.54, 1.807) is 23.5 Å². The number of amides is 1. The van der Waals surface area contributed by atoms with Crippen molar-refractivity contribution in [3.05, 3.63) is 40.4 Å². The molecule has 6 heteroatoms. The molecule has 0 fully saturated rings. The fourth-order valence-electron chi connectivity index (χ4n) is 1.77. The maximum Gasteiger partial charge on any atom is 0.248 e. The standard InChI is InChI=1S/C14H18N4OS/c1-9(2)6-12-17-18-14(20-12)16-8-10-4-3-5-11(7-10)13(15)19/h3-5,7,9H,6,8H2,1-2H3,(H2,15,19)(H,16,18). The topological polar surface area (TPSA) is 80.9 Å². The van der Waals surface area contributed by atoms with E-state index in [4.69, 9.17) is 5.73 Å². The highest BCUT2D eigenvalue weighted by Gasteiger charge is 2.06. The molecule has 0 aliphatic carbocycles. The molecule has 0 saturated heterocycles. The van der Waals surface area contributed by atoms with E-state index < -0.39 is 5.91 Å². The van der Waals surface area contributed by atoms with Crippen molar-refractivity contribution in [3.8, 4) is 0 Å². The van der Waals surface area contributed by atoms with Gasteiger partial charge in [0.1, 0.15) is 5.01 Å². The van der Waals surface area contributed by atoms with Crippen molar-refractivity contribution in [2.75, 3.05) is 5.32 Å². The molecule has 5 nitrogen and oxygen atoms in total. The van der Waals surface area contributed by atoms with Crippen LogP contribution in [0.2, 0.25) is 0 Å². The molecule has 2 aromatic rings. The van der Waals surface area contributed by atoms with Crippen LogP contribution < -0.4 is 11.1 Å². The second-order valence-corrected chi connectivity index (χ2v) is 6.08. The molecule has 0 bridgehead atoms. The van der Waals surface area contributed by atoms with Crippen LogP contribution in [-0.2, 0) is 13.0 Å². The SMILES string of the molecule is CC(C)Cc1nnc(NCc2cccc(C(N)=O)c2)s1. The van der Waals surface area contributed by atoms with E-state index in [9.17, 15) is 4.79 Å². The minimum atomic E-state index is -0.415. The van der Waals surface area contributed by atoms with Gasteiger partial charge in [-0.25, -0.2) is 0 Å². The zero-order valence-electron chi connectivity index (χ0n) is 11.6. The average molecular weight is 290 g/mol. The first-order valence-electron chi connectivity index (χ1n) is 6.49. The predicted molar refractivity (Wildman–Crippen MR) is 80.7 cm³/mol. The number of primary amides is 1. The molecule has 0 aliphatic rings. The average Bonchev–Trinajstić information content (AvgIpc) is 2.83. The Kier molecular flexibility index (Phi) is 4.68. The summed E-state index contributed by atoms with van der Waals surface area (Å²) in [5.74, 6) is 0.157. The van der Waals surface area contributed by atoms with Crippen molar-refractivity contribution in [1.29, 1.82) is 0 Å². The molecule has 106 valence electrons. The van der Waals surface area contributed by atoms with E-state index in [1.165, 1.54) is 0 Å². The van der Waals surface area contributed by atoms with E-state index in [1.807, 2.05) is 12.1 Å². The zero-order valence-corrected chi connectivity index (χ0v) is 12.4. The number of nitrogens with one attached hydrogen (secondary N) is 1. The summed E-state index contributed by atoms with van der Waals surface area (Å²) in [5, 5.41) is 13.3. The first kappa shape index (κ1) is 14.5. The lowest BCUT2D eigenvalue weighted by Gasteiger charge is -2.03. The van der Waals surface area contributed by atoms with E-state index in [0.717, 1.165) is 22.1 Å². The molecule has 1 aromatic carbocycles. The molecule has 1 heterocycles. The number of carbonyl (C=O) groups is 1. The van der Waals surface area contributed by atoms with Crippen LogP contribution in [0.25, 0.3) is 0 Å². The van der Waals surface area contributed by atoms with Gasteiger partial charge in [0.25, 0.3) is 0 Å². The summed E-state index contributed by atoms with van der Waals surface area (Å²) < 4.78 is 0. The first-order valence-corrected chi connectivity index (χ1v) is 7.31. The van der Waals surface area contributed by atoms with Crippen LogP contribution in [0, 0.1) is 5.92 Å². The van der Waals surface area contributed by atoms with Crippen LogP contribution in [0.15, 0.2) is 24.3 Å². The quantitative estimate of drug-likeness (QED) is 0.856. The van der Waals surface area contributed by atoms with Crippen molar-refractivity contribution < 1.29 is 4.79 Å². The van der Waals surface area contributed by atoms with Crippen LogP contribution in [0.3, 0.4) is 0 Å². The van der Waals surface area contributed by atoms with Gasteiger partial charge >= 0.3 is 0 Å². The third kappa shape index (κ3) is 4.03. The number of nitrogens with two attached hydrogens (primary N) is 1. The van der Waals surface area contributed by atoms with Gasteiger partial charge in [-0.3, -0.25) is 4.79 Å². The van der Waals surface area contributed by atoms with Gasteiger partial charge in [0, 0.05) is 18.5 Å². The third-order valence-corrected chi connectivity index (χ3v) is 3.61. The lowest BCUT2D eigenvalue weighted by Crippen LogP contribution is -2.11. The monoisotopic (exact) mass is 290 g/mol. The highest BCUT2D eigenvalue weighted by molar-refractivity contribution is 7.15. The van der Waals surface area contributed by atoms with E-state index in [2.05, 4.69) is 29.4 Å². The molecule has 1 aromatic heterocycles. The Morgan fingerprint density at radius 1 is 1.40 bits per heavy atom. The Labute approximate surface area is 122 Å². The van der Waals surface area contributed by atoms with Gasteiger partial charge in [-0.2, -0.15) is 0 Å². The normalized spacial score (nSPS) is 10.8. The molecule has 1 amide bonds. The summed E-state index contributed by atoms with van der Waals surface area (Å²) in [6, 6.07) is 7.25. The van der Waals surface area contributed by atoms with Crippen molar-refractivity contribution >= 4 is 22.4 Å². The van der Waals surface area contributed by atoms with Crippen molar-refractivity contribution in [2.45, 2.75) is 26.8 Å². The number of anilines is 1. The molecular formula is C14H18N4OS. The summed E-state index contributed by atoms with van der Waals surface area (Å²) in [6.07, 6.45) is 0.941. The Morgan fingerprint density at radius 3 is 2.90 bits per heavy atom. The van der Waals surface area contributed by atoms with Crippen molar-refractivity contribution in [3.63, 3.8) is 0 Å². The van der Waals surface area contributed by atoms with Crippen LogP contribution in [0.4, 0.5) is 5.13 Å². The maximum absolute atomic E-state index is 11.1. The van der Waals surface area contributed by atoms with E-state index in [0.29, 0.717) is 18.0 Å². The second-order valence-electron chi connectivity index (χ2n) is 5.02. The van der Waals surface area contributed by atoms with Gasteiger partial charge in [0.05, 0.1) is 0 Å². The summed E-state index contributed by atoms with van der Waals surface area (Å²) in [5.41, 5.74) is 6.76. The summed E-state index contributed by atoms with van der Waals surface area (Å²) >= 11 is 1.57. The number of hydrogen-bond donors (Lipinski definition) is 2. The molecule has 0 saturated carbocycles. The molecule has 0 unspecified atom stereocenters. The molecule has 0 spiro atoms. The smallest absolute Gasteiger partial charge is 0.248 e. The van der Waals surface area contributed by atoms with Gasteiger partial charge in [0.15, 0.2) is 0 Å². The number of rotatable bonds is 6. The van der Waals surface area contributed by atoms with Gasteiger partial charge in [-0.15, -0.1) is 10.2 Å². The summed E-state index contributed by atoms with van der Waals surface area (Å²) in [4.78, 5) is 11.1. The molecule has 3 N–H and O–H groups in total. The Bertz CT molecular complexity index is 594. The van der Waals surface area contributed by atoms with Crippen molar-refractivity contribution in [2.24, 2.45) is 11.7 Å². The summed E-state index contributed by atoms with van der Waals surface area (Å²) in [7, 11) is 0. The molecule has 0 radical (unpaired) electrons. The number of nitrogens with zero attached hydrogens (tertiary/aromatic N) is 2. The molecule has 2 rings (SSSR count). The van der Waals surface area contributed by atoms with Crippen LogP contribution >= 0.6 is 11.3 Å². The molecule has 0 atom stereocenters. The molecular weight excluding hydrogens is 272 g/mol. The Balaban J connectivity index is 1.96. The third-order valence-electron chi connectivity index (χ3n) is 2.70. The second kappa shape index (κ2) is 6.47. The van der Waals surface area contributed by atoms with Crippen LogP contribution in [-0.4, -0.2) is 16.1 Å². The van der Waals surface area contributed by atoms with Gasteiger partial charge in [-0.1, -0.05) is 37.3 Å². The lowest BCUT2D eigenvalue weighted by atomic mass is 10.1. The maximum atomic E-state index is 11.1. The predicted octanol–water partition coefficient (Wildman–Crippen LogP) is 2.45. The number of aromatic nitrogens is 2. The number of benzene rings is 1. The fourth-order valence-corrected chi connectivity index (χ4v) is 2.72. The lowest BCUT2D eigenvalue weighted by molar-refractivity contribution is 0.1000. The van der Waals surface area contributed by atoms with Gasteiger partial charge in [0.2, 0.25) is 11.0 Å². The largest absolute Gasteiger partial charge is 0.366 e. The number of hydrogen-bond acceptors (Lipinski definition) is 5. The van der Waals surface area contributed by atoms with Gasteiger partial charge in [-0.05, 0) is 23.6 Å². The highest BCUT2D eigenvalue weighted by atomic mass is 32.1. The zero-order chi connectivity index (χ0) is 14.5. The molecule has 20 heavy (non-hydrogen) atoms. The fraction of sp³-hybridized carbons (Fsp3) is 0.357. The van der Waals surface area contributed by atoms with Gasteiger partial charge < -0.3 is 11.1 Å². The van der Waals surface area contributed by atoms with Crippen LogP contribution in [0.5, 0.6) is 0 Å². The Hall–Kier alpha value is -1.95.